The Hall–Kier alpha value is -0.420. The molecule has 0 fully saturated rings. The van der Waals surface area contributed by atoms with E-state index < -0.39 is 11.7 Å². The van der Waals surface area contributed by atoms with Crippen LogP contribution in [0, 0.1) is 0 Å². The van der Waals surface area contributed by atoms with Crippen LogP contribution in [0.3, 0.4) is 0 Å². The van der Waals surface area contributed by atoms with E-state index in [1.54, 1.807) is 11.8 Å². The van der Waals surface area contributed by atoms with E-state index in [1.807, 2.05) is 27.0 Å². The van der Waals surface area contributed by atoms with E-state index in [0.717, 1.165) is 12.4 Å². The van der Waals surface area contributed by atoms with Crippen LogP contribution < -0.4 is 5.32 Å². The first-order chi connectivity index (χ1) is 6.95. The summed E-state index contributed by atoms with van der Waals surface area (Å²) in [5, 5.41) is 2.62. The van der Waals surface area contributed by atoms with Gasteiger partial charge in [0.1, 0.15) is 5.60 Å². The highest BCUT2D eigenvalue weighted by molar-refractivity contribution is 7.98. The van der Waals surface area contributed by atoms with Crippen molar-refractivity contribution < 1.29 is 14.3 Å². The molecule has 0 unspecified atom stereocenters. The Kier molecular flexibility index (Phi) is 7.60. The first kappa shape index (κ1) is 14.6. The van der Waals surface area contributed by atoms with E-state index in [0.29, 0.717) is 13.2 Å². The van der Waals surface area contributed by atoms with Gasteiger partial charge in [0.25, 0.3) is 0 Å². The zero-order valence-electron chi connectivity index (χ0n) is 9.96. The summed E-state index contributed by atoms with van der Waals surface area (Å²) in [5.74, 6) is 0.979. The highest BCUT2D eigenvalue weighted by Gasteiger charge is 2.15. The van der Waals surface area contributed by atoms with Gasteiger partial charge in [0.15, 0.2) is 0 Å². The average molecular weight is 235 g/mol. The molecule has 0 rings (SSSR count). The Morgan fingerprint density at radius 2 is 2.00 bits per heavy atom. The molecule has 0 aromatic carbocycles. The minimum Gasteiger partial charge on any atom is -0.444 e. The molecule has 0 saturated heterocycles. The fourth-order valence-corrected chi connectivity index (χ4v) is 1.07. The summed E-state index contributed by atoms with van der Waals surface area (Å²) >= 11 is 1.74. The predicted molar refractivity (Wildman–Crippen MR) is 63.4 cm³/mol. The van der Waals surface area contributed by atoms with E-state index in [9.17, 15) is 4.79 Å². The lowest BCUT2D eigenvalue weighted by Gasteiger charge is -2.19. The monoisotopic (exact) mass is 235 g/mol. The van der Waals surface area contributed by atoms with Crippen molar-refractivity contribution in [1.29, 1.82) is 0 Å². The van der Waals surface area contributed by atoms with Crippen molar-refractivity contribution in [1.82, 2.24) is 5.32 Å². The van der Waals surface area contributed by atoms with Gasteiger partial charge in [-0.3, -0.25) is 0 Å². The van der Waals surface area contributed by atoms with Gasteiger partial charge in [0, 0.05) is 12.3 Å². The fraction of sp³-hybridized carbons (Fsp3) is 0.900. The molecule has 0 aliphatic heterocycles. The smallest absolute Gasteiger partial charge is 0.407 e. The SMILES string of the molecule is CSCCOCCNC(=O)OC(C)(C)C. The summed E-state index contributed by atoms with van der Waals surface area (Å²) in [6, 6.07) is 0. The van der Waals surface area contributed by atoms with E-state index in [4.69, 9.17) is 9.47 Å². The van der Waals surface area contributed by atoms with E-state index in [2.05, 4.69) is 5.32 Å². The number of carbonyl (C=O) groups is 1. The third-order valence-corrected chi connectivity index (χ3v) is 1.92. The van der Waals surface area contributed by atoms with Crippen LogP contribution in [-0.2, 0) is 9.47 Å². The summed E-state index contributed by atoms with van der Waals surface area (Å²) in [7, 11) is 0. The summed E-state index contributed by atoms with van der Waals surface area (Å²) < 4.78 is 10.3. The normalized spacial score (nSPS) is 11.2. The second-order valence-corrected chi connectivity index (χ2v) is 5.02. The van der Waals surface area contributed by atoms with Crippen LogP contribution in [0.2, 0.25) is 0 Å². The molecule has 1 N–H and O–H groups in total. The molecule has 0 aromatic rings. The zero-order chi connectivity index (χ0) is 11.7. The molecule has 15 heavy (non-hydrogen) atoms. The summed E-state index contributed by atoms with van der Waals surface area (Å²) in [6.45, 7) is 7.24. The Balaban J connectivity index is 3.32. The Morgan fingerprint density at radius 1 is 1.33 bits per heavy atom. The lowest BCUT2D eigenvalue weighted by molar-refractivity contribution is 0.0503. The molecular formula is C10H21NO3S. The number of ether oxygens (including phenoxy) is 2. The quantitative estimate of drug-likeness (QED) is 0.714. The van der Waals surface area contributed by atoms with Gasteiger partial charge in [-0.25, -0.2) is 4.79 Å². The summed E-state index contributed by atoms with van der Waals surface area (Å²) in [6.07, 6.45) is 1.64. The highest BCUT2D eigenvalue weighted by Crippen LogP contribution is 2.05. The first-order valence-electron chi connectivity index (χ1n) is 4.99. The number of alkyl carbamates (subject to hydrolysis) is 1. The molecule has 0 atom stereocenters. The van der Waals surface area contributed by atoms with E-state index in [1.165, 1.54) is 0 Å². The van der Waals surface area contributed by atoms with Gasteiger partial charge in [-0.15, -0.1) is 0 Å². The van der Waals surface area contributed by atoms with Crippen LogP contribution in [0.25, 0.3) is 0 Å². The van der Waals surface area contributed by atoms with Gasteiger partial charge < -0.3 is 14.8 Å². The minimum atomic E-state index is -0.441. The standard InChI is InChI=1S/C10H21NO3S/c1-10(2,3)14-9(12)11-5-6-13-7-8-15-4/h5-8H2,1-4H3,(H,11,12). The van der Waals surface area contributed by atoms with Gasteiger partial charge in [0.05, 0.1) is 13.2 Å². The third-order valence-electron chi connectivity index (χ3n) is 1.35. The molecule has 0 radical (unpaired) electrons. The van der Waals surface area contributed by atoms with E-state index >= 15 is 0 Å². The van der Waals surface area contributed by atoms with Crippen molar-refractivity contribution in [2.45, 2.75) is 26.4 Å². The van der Waals surface area contributed by atoms with Crippen molar-refractivity contribution in [3.05, 3.63) is 0 Å². The number of rotatable bonds is 6. The molecule has 0 heterocycles. The van der Waals surface area contributed by atoms with Gasteiger partial charge in [-0.05, 0) is 27.0 Å². The van der Waals surface area contributed by atoms with Crippen molar-refractivity contribution in [3.63, 3.8) is 0 Å². The second-order valence-electron chi connectivity index (χ2n) is 4.03. The summed E-state index contributed by atoms with van der Waals surface area (Å²) in [5.41, 5.74) is -0.441. The maximum atomic E-state index is 11.2. The van der Waals surface area contributed by atoms with Crippen LogP contribution in [0.4, 0.5) is 4.79 Å². The maximum Gasteiger partial charge on any atom is 0.407 e. The van der Waals surface area contributed by atoms with Crippen LogP contribution in [0.1, 0.15) is 20.8 Å². The minimum absolute atomic E-state index is 0.393. The number of hydrogen-bond donors (Lipinski definition) is 1. The van der Waals surface area contributed by atoms with Gasteiger partial charge in [-0.1, -0.05) is 0 Å². The molecule has 0 saturated carbocycles. The number of nitrogens with one attached hydrogen (secondary N) is 1. The fourth-order valence-electron chi connectivity index (χ4n) is 0.784. The van der Waals surface area contributed by atoms with Crippen LogP contribution >= 0.6 is 11.8 Å². The zero-order valence-corrected chi connectivity index (χ0v) is 10.8. The van der Waals surface area contributed by atoms with Crippen molar-refractivity contribution in [3.8, 4) is 0 Å². The Morgan fingerprint density at radius 3 is 2.53 bits per heavy atom. The van der Waals surface area contributed by atoms with Gasteiger partial charge in [-0.2, -0.15) is 11.8 Å². The predicted octanol–water partition coefficient (Wildman–Crippen LogP) is 1.89. The number of carbonyl (C=O) groups excluding carboxylic acids is 1. The lowest BCUT2D eigenvalue weighted by atomic mass is 10.2. The highest BCUT2D eigenvalue weighted by atomic mass is 32.2. The molecule has 5 heteroatoms. The average Bonchev–Trinajstić information content (AvgIpc) is 2.08. The topological polar surface area (TPSA) is 47.6 Å². The lowest BCUT2D eigenvalue weighted by Crippen LogP contribution is -2.34. The first-order valence-corrected chi connectivity index (χ1v) is 6.38. The van der Waals surface area contributed by atoms with Crippen LogP contribution in [0.15, 0.2) is 0 Å². The Bertz CT molecular complexity index is 180. The Labute approximate surface area is 96.1 Å². The maximum absolute atomic E-state index is 11.2. The largest absolute Gasteiger partial charge is 0.444 e. The molecule has 90 valence electrons. The van der Waals surface area contributed by atoms with Crippen LogP contribution in [0.5, 0.6) is 0 Å². The molecule has 0 aliphatic carbocycles. The molecule has 0 spiro atoms. The molecule has 4 nitrogen and oxygen atoms in total. The molecule has 1 amide bonds. The van der Waals surface area contributed by atoms with Crippen molar-refractivity contribution in [2.75, 3.05) is 31.8 Å². The van der Waals surface area contributed by atoms with Crippen molar-refractivity contribution in [2.24, 2.45) is 0 Å². The van der Waals surface area contributed by atoms with Crippen LogP contribution in [-0.4, -0.2) is 43.5 Å². The molecular weight excluding hydrogens is 214 g/mol. The second kappa shape index (κ2) is 7.82. The van der Waals surface area contributed by atoms with Crippen molar-refractivity contribution >= 4 is 17.9 Å². The number of thioether (sulfide) groups is 1. The summed E-state index contributed by atoms with van der Waals surface area (Å²) in [4.78, 5) is 11.2. The molecule has 0 aliphatic rings. The molecule has 0 bridgehead atoms. The molecule has 0 aromatic heterocycles. The van der Waals surface area contributed by atoms with Gasteiger partial charge in [0.2, 0.25) is 0 Å². The van der Waals surface area contributed by atoms with E-state index in [-0.39, 0.29) is 0 Å². The number of amides is 1. The van der Waals surface area contributed by atoms with Gasteiger partial charge >= 0.3 is 6.09 Å². The number of hydrogen-bond acceptors (Lipinski definition) is 4. The third kappa shape index (κ3) is 11.5.